The highest BCUT2D eigenvalue weighted by molar-refractivity contribution is 8.00. The van der Waals surface area contributed by atoms with Gasteiger partial charge in [-0.1, -0.05) is 19.1 Å². The van der Waals surface area contributed by atoms with Crippen LogP contribution in [0.5, 0.6) is 5.75 Å². The highest BCUT2D eigenvalue weighted by Crippen LogP contribution is 2.43. The summed E-state index contributed by atoms with van der Waals surface area (Å²) in [5, 5.41) is 0. The molecule has 2 aliphatic rings. The van der Waals surface area contributed by atoms with Crippen LogP contribution in [-0.2, 0) is 28.9 Å². The van der Waals surface area contributed by atoms with Gasteiger partial charge in [-0.25, -0.2) is 4.79 Å². The average molecular weight is 491 g/mol. The highest BCUT2D eigenvalue weighted by Gasteiger charge is 2.37. The number of aryl methyl sites for hydroxylation is 2. The zero-order chi connectivity index (χ0) is 24.3. The minimum atomic E-state index is -0.338. The summed E-state index contributed by atoms with van der Waals surface area (Å²) in [5.41, 5.74) is 5.48. The number of nitrogens with zero attached hydrogens (tertiary/aromatic N) is 2. The van der Waals surface area contributed by atoms with E-state index in [0.717, 1.165) is 54.5 Å². The Morgan fingerprint density at radius 3 is 2.57 bits per heavy atom. The molecule has 1 aliphatic carbocycles. The maximum atomic E-state index is 11.8. The van der Waals surface area contributed by atoms with Crippen molar-refractivity contribution in [3.63, 3.8) is 0 Å². The number of aromatic nitrogens is 1. The Bertz CT molecular complexity index is 1180. The Balaban J connectivity index is 1.43. The van der Waals surface area contributed by atoms with Gasteiger partial charge in [-0.05, 0) is 84.3 Å². The lowest BCUT2D eigenvalue weighted by Crippen LogP contribution is -2.47. The molecule has 2 heterocycles. The molecule has 1 aromatic heterocycles. The molecule has 1 aliphatic heterocycles. The fourth-order valence-electron chi connectivity index (χ4n) is 4.50. The standard InChI is InChI=1S/C28H30N2O4S/c1-28(18-33-19-28)17-30(35-24-7-4-12-29-15-24)25-13-22-5-3-6-23(22)14-26(25)34-16-20-8-10-21(11-9-20)27(31)32-2/h4,7-15H,3,5-6,16-19H2,1-2H3. The third-order valence-electron chi connectivity index (χ3n) is 6.49. The maximum absolute atomic E-state index is 11.8. The summed E-state index contributed by atoms with van der Waals surface area (Å²) < 4.78 is 19.1. The maximum Gasteiger partial charge on any atom is 0.337 e. The van der Waals surface area contributed by atoms with Gasteiger partial charge >= 0.3 is 5.97 Å². The molecular formula is C28H30N2O4S. The number of fused-ring (bicyclic) bond motifs is 1. The van der Waals surface area contributed by atoms with E-state index in [-0.39, 0.29) is 11.4 Å². The van der Waals surface area contributed by atoms with Gasteiger partial charge in [-0.15, -0.1) is 0 Å². The molecule has 182 valence electrons. The van der Waals surface area contributed by atoms with E-state index in [1.165, 1.54) is 24.7 Å². The molecule has 3 aromatic rings. The molecule has 35 heavy (non-hydrogen) atoms. The Morgan fingerprint density at radius 2 is 1.91 bits per heavy atom. The molecule has 0 radical (unpaired) electrons. The van der Waals surface area contributed by atoms with Crippen LogP contribution < -0.4 is 9.04 Å². The summed E-state index contributed by atoms with van der Waals surface area (Å²) in [7, 11) is 1.39. The lowest BCUT2D eigenvalue weighted by Gasteiger charge is -2.42. The van der Waals surface area contributed by atoms with Crippen molar-refractivity contribution >= 4 is 23.6 Å². The van der Waals surface area contributed by atoms with E-state index >= 15 is 0 Å². The fourth-order valence-corrected chi connectivity index (χ4v) is 5.62. The second-order valence-corrected chi connectivity index (χ2v) is 10.6. The zero-order valence-electron chi connectivity index (χ0n) is 20.2. The molecule has 5 rings (SSSR count). The number of ether oxygens (including phenoxy) is 3. The van der Waals surface area contributed by atoms with Crippen LogP contribution in [0.25, 0.3) is 0 Å². The quantitative estimate of drug-likeness (QED) is 0.290. The van der Waals surface area contributed by atoms with Crippen molar-refractivity contribution in [2.45, 2.75) is 37.7 Å². The first-order valence-electron chi connectivity index (χ1n) is 11.9. The van der Waals surface area contributed by atoms with E-state index in [0.29, 0.717) is 12.2 Å². The van der Waals surface area contributed by atoms with E-state index in [9.17, 15) is 4.79 Å². The van der Waals surface area contributed by atoms with Crippen molar-refractivity contribution in [1.29, 1.82) is 0 Å². The summed E-state index contributed by atoms with van der Waals surface area (Å²) in [6.07, 6.45) is 7.05. The van der Waals surface area contributed by atoms with Crippen molar-refractivity contribution in [1.82, 2.24) is 4.98 Å². The molecule has 6 nitrogen and oxygen atoms in total. The molecule has 0 bridgehead atoms. The largest absolute Gasteiger partial charge is 0.487 e. The number of anilines is 1. The van der Waals surface area contributed by atoms with Crippen LogP contribution in [0, 0.1) is 5.41 Å². The van der Waals surface area contributed by atoms with Crippen molar-refractivity contribution in [2.75, 3.05) is 31.2 Å². The Morgan fingerprint density at radius 1 is 1.14 bits per heavy atom. The van der Waals surface area contributed by atoms with E-state index in [4.69, 9.17) is 14.2 Å². The van der Waals surface area contributed by atoms with Crippen molar-refractivity contribution in [3.05, 3.63) is 83.2 Å². The number of pyridine rings is 1. The van der Waals surface area contributed by atoms with Gasteiger partial charge in [0.05, 0.1) is 31.6 Å². The SMILES string of the molecule is COC(=O)c1ccc(COc2cc3c(cc2N(CC2(C)COC2)Sc2cccnc2)CCC3)cc1. The number of benzene rings is 2. The van der Waals surface area contributed by atoms with E-state index in [1.54, 1.807) is 30.3 Å². The molecule has 1 saturated heterocycles. The molecule has 0 spiro atoms. The molecule has 0 N–H and O–H groups in total. The number of hydrogen-bond acceptors (Lipinski definition) is 7. The first-order chi connectivity index (χ1) is 17.0. The van der Waals surface area contributed by atoms with E-state index in [1.807, 2.05) is 24.4 Å². The lowest BCUT2D eigenvalue weighted by atomic mass is 9.88. The zero-order valence-corrected chi connectivity index (χ0v) is 21.0. The molecule has 0 atom stereocenters. The Labute approximate surface area is 210 Å². The van der Waals surface area contributed by atoms with E-state index < -0.39 is 0 Å². The molecule has 0 saturated carbocycles. The first-order valence-corrected chi connectivity index (χ1v) is 12.7. The van der Waals surface area contributed by atoms with Gasteiger partial charge in [-0.2, -0.15) is 0 Å². The molecular weight excluding hydrogens is 460 g/mol. The van der Waals surface area contributed by atoms with Gasteiger partial charge in [-0.3, -0.25) is 4.98 Å². The van der Waals surface area contributed by atoms with E-state index in [2.05, 4.69) is 34.4 Å². The third-order valence-corrected chi connectivity index (χ3v) is 7.49. The van der Waals surface area contributed by atoms with Crippen LogP contribution in [0.4, 0.5) is 5.69 Å². The minimum absolute atomic E-state index is 0.0925. The Hall–Kier alpha value is -3.03. The minimum Gasteiger partial charge on any atom is -0.487 e. The summed E-state index contributed by atoms with van der Waals surface area (Å²) in [6, 6.07) is 15.9. The number of carbonyl (C=O) groups excluding carboxylic acids is 1. The van der Waals surface area contributed by atoms with Gasteiger partial charge in [0.15, 0.2) is 0 Å². The van der Waals surface area contributed by atoms with Crippen molar-refractivity contribution < 1.29 is 19.0 Å². The van der Waals surface area contributed by atoms with Gasteiger partial charge in [0.25, 0.3) is 0 Å². The normalized spacial score (nSPS) is 15.7. The highest BCUT2D eigenvalue weighted by atomic mass is 32.2. The third kappa shape index (κ3) is 5.46. The van der Waals surface area contributed by atoms with Gasteiger partial charge < -0.3 is 18.5 Å². The number of esters is 1. The second kappa shape index (κ2) is 10.3. The van der Waals surface area contributed by atoms with Crippen LogP contribution in [0.3, 0.4) is 0 Å². The molecule has 0 amide bonds. The summed E-state index contributed by atoms with van der Waals surface area (Å²) >= 11 is 1.69. The first kappa shape index (κ1) is 23.7. The smallest absolute Gasteiger partial charge is 0.337 e. The van der Waals surface area contributed by atoms with Crippen LogP contribution in [0.15, 0.2) is 65.8 Å². The predicted molar refractivity (Wildman–Crippen MR) is 137 cm³/mol. The monoisotopic (exact) mass is 490 g/mol. The van der Waals surface area contributed by atoms with Gasteiger partial charge in [0.2, 0.25) is 0 Å². The topological polar surface area (TPSA) is 60.9 Å². The lowest BCUT2D eigenvalue weighted by molar-refractivity contribution is -0.0939. The number of rotatable bonds is 9. The Kier molecular flexibility index (Phi) is 6.97. The number of carbonyl (C=O) groups is 1. The van der Waals surface area contributed by atoms with Crippen LogP contribution in [0.2, 0.25) is 0 Å². The van der Waals surface area contributed by atoms with Crippen LogP contribution in [0.1, 0.15) is 40.4 Å². The van der Waals surface area contributed by atoms with Crippen LogP contribution in [-0.4, -0.2) is 37.8 Å². The summed E-state index contributed by atoms with van der Waals surface area (Å²) in [6.45, 7) is 5.04. The predicted octanol–water partition coefficient (Wildman–Crippen LogP) is 5.49. The summed E-state index contributed by atoms with van der Waals surface area (Å²) in [5.74, 6) is 0.540. The van der Waals surface area contributed by atoms with Crippen molar-refractivity contribution in [3.8, 4) is 5.75 Å². The molecule has 7 heteroatoms. The molecule has 2 aromatic carbocycles. The van der Waals surface area contributed by atoms with Gasteiger partial charge in [0.1, 0.15) is 12.4 Å². The van der Waals surface area contributed by atoms with Crippen molar-refractivity contribution in [2.24, 2.45) is 5.41 Å². The summed E-state index contributed by atoms with van der Waals surface area (Å²) in [4.78, 5) is 17.1. The fraction of sp³-hybridized carbons (Fsp3) is 0.357. The second-order valence-electron chi connectivity index (χ2n) is 9.54. The van der Waals surface area contributed by atoms with Crippen LogP contribution >= 0.6 is 11.9 Å². The average Bonchev–Trinajstić information content (AvgIpc) is 3.33. The number of hydrogen-bond donors (Lipinski definition) is 0. The molecule has 0 unspecified atom stereocenters. The number of methoxy groups -OCH3 is 1. The molecule has 1 fully saturated rings. The van der Waals surface area contributed by atoms with Gasteiger partial charge in [0, 0.05) is 29.2 Å².